The molecule has 198 valence electrons. The molecule has 0 spiro atoms. The lowest BCUT2D eigenvalue weighted by Gasteiger charge is -2.30. The third-order valence-corrected chi connectivity index (χ3v) is 7.68. The topological polar surface area (TPSA) is 86.8 Å². The van der Waals surface area contributed by atoms with Crippen LogP contribution in [0.2, 0.25) is 5.02 Å². The van der Waals surface area contributed by atoms with Crippen molar-refractivity contribution in [3.63, 3.8) is 0 Å². The number of sulfonamides is 1. The quantitative estimate of drug-likeness (QED) is 0.421. The van der Waals surface area contributed by atoms with Crippen LogP contribution in [0.15, 0.2) is 42.5 Å². The van der Waals surface area contributed by atoms with E-state index >= 15 is 0 Å². The van der Waals surface area contributed by atoms with E-state index in [1.165, 1.54) is 9.21 Å². The third kappa shape index (κ3) is 8.52. The SMILES string of the molecule is CC[C@@H](C)NC(=O)[C@H](C)N(Cc1ccccc1Cl)C(=O)CCCN(c1cc(C)cc(C)c1)S(C)(=O)=O. The van der Waals surface area contributed by atoms with Gasteiger partial charge in [0.05, 0.1) is 11.9 Å². The van der Waals surface area contributed by atoms with Gasteiger partial charge in [-0.3, -0.25) is 13.9 Å². The summed E-state index contributed by atoms with van der Waals surface area (Å²) < 4.78 is 26.4. The van der Waals surface area contributed by atoms with Gasteiger partial charge in [-0.05, 0) is 75.4 Å². The van der Waals surface area contributed by atoms with Crippen LogP contribution in [0.3, 0.4) is 0 Å². The van der Waals surface area contributed by atoms with Gasteiger partial charge >= 0.3 is 0 Å². The Hall–Kier alpha value is -2.58. The molecule has 0 aliphatic rings. The summed E-state index contributed by atoms with van der Waals surface area (Å²) in [7, 11) is -3.54. The average molecular weight is 536 g/mol. The summed E-state index contributed by atoms with van der Waals surface area (Å²) in [5.41, 5.74) is 3.24. The molecule has 0 saturated heterocycles. The number of amides is 2. The summed E-state index contributed by atoms with van der Waals surface area (Å²) in [5.74, 6) is -0.478. The molecule has 7 nitrogen and oxygen atoms in total. The van der Waals surface area contributed by atoms with Crippen LogP contribution in [0.25, 0.3) is 0 Å². The molecule has 2 aromatic carbocycles. The molecule has 0 radical (unpaired) electrons. The molecule has 2 amide bonds. The van der Waals surface area contributed by atoms with Crippen molar-refractivity contribution < 1.29 is 18.0 Å². The minimum Gasteiger partial charge on any atom is -0.352 e. The highest BCUT2D eigenvalue weighted by Gasteiger charge is 2.27. The second-order valence-electron chi connectivity index (χ2n) is 9.39. The first-order chi connectivity index (χ1) is 16.8. The summed E-state index contributed by atoms with van der Waals surface area (Å²) in [4.78, 5) is 27.8. The lowest BCUT2D eigenvalue weighted by molar-refractivity contribution is -0.140. The zero-order valence-corrected chi connectivity index (χ0v) is 23.6. The van der Waals surface area contributed by atoms with E-state index < -0.39 is 16.1 Å². The lowest BCUT2D eigenvalue weighted by atomic mass is 10.1. The molecule has 0 aliphatic heterocycles. The zero-order valence-electron chi connectivity index (χ0n) is 22.0. The van der Waals surface area contributed by atoms with Crippen LogP contribution >= 0.6 is 11.6 Å². The smallest absolute Gasteiger partial charge is 0.242 e. The molecule has 1 N–H and O–H groups in total. The Kier molecular flexibility index (Phi) is 10.8. The fourth-order valence-corrected chi connectivity index (χ4v) is 5.10. The number of carbonyl (C=O) groups is 2. The summed E-state index contributed by atoms with van der Waals surface area (Å²) in [6.45, 7) is 9.76. The summed E-state index contributed by atoms with van der Waals surface area (Å²) in [6, 6.07) is 12.1. The molecule has 2 rings (SSSR count). The van der Waals surface area contributed by atoms with Gasteiger partial charge in [-0.25, -0.2) is 8.42 Å². The Morgan fingerprint density at radius 1 is 1.06 bits per heavy atom. The fraction of sp³-hybridized carbons (Fsp3) is 0.481. The highest BCUT2D eigenvalue weighted by Crippen LogP contribution is 2.23. The van der Waals surface area contributed by atoms with Crippen LogP contribution in [0, 0.1) is 13.8 Å². The van der Waals surface area contributed by atoms with Crippen molar-refractivity contribution in [3.8, 4) is 0 Å². The molecule has 9 heteroatoms. The minimum atomic E-state index is -3.54. The molecule has 36 heavy (non-hydrogen) atoms. The summed E-state index contributed by atoms with van der Waals surface area (Å²) >= 11 is 6.34. The number of nitrogens with zero attached hydrogens (tertiary/aromatic N) is 2. The minimum absolute atomic E-state index is 0.0154. The van der Waals surface area contributed by atoms with Crippen molar-refractivity contribution in [1.29, 1.82) is 0 Å². The first kappa shape index (κ1) is 29.6. The maximum Gasteiger partial charge on any atom is 0.242 e. The van der Waals surface area contributed by atoms with E-state index in [1.807, 2.05) is 64.1 Å². The number of anilines is 1. The van der Waals surface area contributed by atoms with Crippen molar-refractivity contribution in [2.24, 2.45) is 0 Å². The molecule has 0 bridgehead atoms. The Balaban J connectivity index is 2.21. The van der Waals surface area contributed by atoms with Gasteiger partial charge in [-0.2, -0.15) is 0 Å². The predicted octanol–water partition coefficient (Wildman–Crippen LogP) is 4.84. The summed E-state index contributed by atoms with van der Waals surface area (Å²) in [6.07, 6.45) is 2.33. The first-order valence-corrected chi connectivity index (χ1v) is 14.4. The van der Waals surface area contributed by atoms with Gasteiger partial charge in [0.15, 0.2) is 0 Å². The number of nitrogens with one attached hydrogen (secondary N) is 1. The lowest BCUT2D eigenvalue weighted by Crippen LogP contribution is -2.49. The second kappa shape index (κ2) is 13.1. The zero-order chi connectivity index (χ0) is 27.0. The molecule has 0 heterocycles. The van der Waals surface area contributed by atoms with E-state index in [0.29, 0.717) is 17.1 Å². The number of rotatable bonds is 12. The maximum atomic E-state index is 13.4. The van der Waals surface area contributed by atoms with Crippen LogP contribution in [-0.2, 0) is 26.2 Å². The van der Waals surface area contributed by atoms with E-state index in [1.54, 1.807) is 13.0 Å². The third-order valence-electron chi connectivity index (χ3n) is 6.11. The van der Waals surface area contributed by atoms with Crippen LogP contribution in [0.5, 0.6) is 0 Å². The fourth-order valence-electron chi connectivity index (χ4n) is 3.96. The Labute approximate surface area is 220 Å². The van der Waals surface area contributed by atoms with Crippen molar-refractivity contribution in [3.05, 3.63) is 64.2 Å². The largest absolute Gasteiger partial charge is 0.352 e. The van der Waals surface area contributed by atoms with Gasteiger partial charge in [0.25, 0.3) is 0 Å². The van der Waals surface area contributed by atoms with Gasteiger partial charge in [-0.15, -0.1) is 0 Å². The van der Waals surface area contributed by atoms with E-state index in [4.69, 9.17) is 11.6 Å². The van der Waals surface area contributed by atoms with Crippen molar-refractivity contribution >= 4 is 39.1 Å². The average Bonchev–Trinajstić information content (AvgIpc) is 2.79. The number of halogens is 1. The number of aryl methyl sites for hydroxylation is 2. The molecule has 0 saturated carbocycles. The van der Waals surface area contributed by atoms with E-state index in [-0.39, 0.29) is 37.4 Å². The molecular formula is C27H38ClN3O4S. The van der Waals surface area contributed by atoms with Crippen LogP contribution in [0.4, 0.5) is 5.69 Å². The molecule has 0 aliphatic carbocycles. The number of carbonyl (C=O) groups excluding carboxylic acids is 2. The summed E-state index contributed by atoms with van der Waals surface area (Å²) in [5, 5.41) is 3.45. The maximum absolute atomic E-state index is 13.4. The van der Waals surface area contributed by atoms with Gasteiger partial charge in [0.1, 0.15) is 6.04 Å². The van der Waals surface area contributed by atoms with Crippen molar-refractivity contribution in [1.82, 2.24) is 10.2 Å². The molecule has 2 atom stereocenters. The highest BCUT2D eigenvalue weighted by molar-refractivity contribution is 7.92. The highest BCUT2D eigenvalue weighted by atomic mass is 35.5. The van der Waals surface area contributed by atoms with Crippen LogP contribution in [0.1, 0.15) is 56.7 Å². The van der Waals surface area contributed by atoms with Crippen LogP contribution < -0.4 is 9.62 Å². The van der Waals surface area contributed by atoms with Crippen LogP contribution in [-0.4, -0.2) is 50.0 Å². The standard InChI is InChI=1S/C27H38ClN3O4S/c1-7-21(4)29-27(33)22(5)30(18-23-11-8-9-12-25(23)28)26(32)13-10-14-31(36(6,34)35)24-16-19(2)15-20(3)17-24/h8-9,11-12,15-17,21-22H,7,10,13-14,18H2,1-6H3,(H,29,33)/t21-,22+/m1/s1. The first-order valence-electron chi connectivity index (χ1n) is 12.2. The molecule has 0 unspecified atom stereocenters. The molecular weight excluding hydrogens is 498 g/mol. The number of benzene rings is 2. The van der Waals surface area contributed by atoms with Gasteiger partial charge in [0, 0.05) is 30.6 Å². The second-order valence-corrected chi connectivity index (χ2v) is 11.7. The normalized spacial score (nSPS) is 13.1. The molecule has 0 fully saturated rings. The van der Waals surface area contributed by atoms with Crippen molar-refractivity contribution in [2.45, 2.75) is 72.5 Å². The van der Waals surface area contributed by atoms with Gasteiger partial charge in [0.2, 0.25) is 21.8 Å². The Bertz CT molecular complexity index is 1150. The van der Waals surface area contributed by atoms with Gasteiger partial charge in [-0.1, -0.05) is 42.8 Å². The van der Waals surface area contributed by atoms with E-state index in [2.05, 4.69) is 5.32 Å². The number of hydrogen-bond acceptors (Lipinski definition) is 4. The number of hydrogen-bond donors (Lipinski definition) is 1. The monoisotopic (exact) mass is 535 g/mol. The predicted molar refractivity (Wildman–Crippen MR) is 147 cm³/mol. The van der Waals surface area contributed by atoms with E-state index in [0.717, 1.165) is 29.4 Å². The van der Waals surface area contributed by atoms with Gasteiger partial charge < -0.3 is 10.2 Å². The van der Waals surface area contributed by atoms with E-state index in [9.17, 15) is 18.0 Å². The Morgan fingerprint density at radius 2 is 1.67 bits per heavy atom. The molecule has 2 aromatic rings. The van der Waals surface area contributed by atoms with Crippen molar-refractivity contribution in [2.75, 3.05) is 17.1 Å². The molecule has 0 aromatic heterocycles. The Morgan fingerprint density at radius 3 is 2.22 bits per heavy atom.